The molecular weight excluding hydrogens is 329 g/mol. The molecule has 0 atom stereocenters. The molecular formula is C15H12Cl3N3. The summed E-state index contributed by atoms with van der Waals surface area (Å²) in [5.41, 5.74) is 3.40. The van der Waals surface area contributed by atoms with Crippen LogP contribution in [-0.2, 0) is 6.42 Å². The number of fused-ring (bicyclic) bond motifs is 1. The summed E-state index contributed by atoms with van der Waals surface area (Å²) in [7, 11) is 0. The average molecular weight is 341 g/mol. The fraction of sp³-hybridized carbons (Fsp3) is 0.200. The van der Waals surface area contributed by atoms with Crippen molar-refractivity contribution in [2.24, 2.45) is 0 Å². The summed E-state index contributed by atoms with van der Waals surface area (Å²) in [6, 6.07) is 7.33. The number of nitrogens with zero attached hydrogens (tertiary/aromatic N) is 3. The van der Waals surface area contributed by atoms with Crippen molar-refractivity contribution in [3.63, 3.8) is 0 Å². The van der Waals surface area contributed by atoms with Gasteiger partial charge in [0.05, 0.1) is 10.7 Å². The SMILES string of the molecule is Cc1cnc2c(c1)nc(CCCl)n2-c1cc(Cl)ccc1Cl. The van der Waals surface area contributed by atoms with E-state index in [-0.39, 0.29) is 0 Å². The Morgan fingerprint density at radius 1 is 1.19 bits per heavy atom. The fourth-order valence-corrected chi connectivity index (χ4v) is 2.81. The van der Waals surface area contributed by atoms with Gasteiger partial charge in [-0.25, -0.2) is 9.97 Å². The minimum atomic E-state index is 0.473. The van der Waals surface area contributed by atoms with E-state index in [9.17, 15) is 0 Å². The second-order valence-corrected chi connectivity index (χ2v) is 5.98. The molecule has 6 heteroatoms. The number of alkyl halides is 1. The van der Waals surface area contributed by atoms with Crippen LogP contribution in [0.2, 0.25) is 10.0 Å². The minimum Gasteiger partial charge on any atom is -0.279 e. The highest BCUT2D eigenvalue weighted by Crippen LogP contribution is 2.29. The zero-order valence-corrected chi connectivity index (χ0v) is 13.5. The molecule has 3 rings (SSSR count). The molecule has 0 N–H and O–H groups in total. The second-order valence-electron chi connectivity index (χ2n) is 4.75. The van der Waals surface area contributed by atoms with Gasteiger partial charge in [0, 0.05) is 23.5 Å². The summed E-state index contributed by atoms with van der Waals surface area (Å²) in [5.74, 6) is 1.29. The van der Waals surface area contributed by atoms with Crippen molar-refractivity contribution in [3.05, 3.63) is 51.9 Å². The Hall–Kier alpha value is -1.29. The molecule has 0 spiro atoms. The van der Waals surface area contributed by atoms with E-state index >= 15 is 0 Å². The van der Waals surface area contributed by atoms with Gasteiger partial charge in [-0.1, -0.05) is 23.2 Å². The Labute approximate surface area is 137 Å². The topological polar surface area (TPSA) is 30.7 Å². The molecule has 2 heterocycles. The molecule has 21 heavy (non-hydrogen) atoms. The lowest BCUT2D eigenvalue weighted by atomic mass is 10.3. The third-order valence-corrected chi connectivity index (χ3v) is 3.91. The summed E-state index contributed by atoms with van der Waals surface area (Å²) in [6.45, 7) is 1.99. The molecule has 0 amide bonds. The number of pyridine rings is 1. The fourth-order valence-electron chi connectivity index (χ4n) is 2.27. The summed E-state index contributed by atoms with van der Waals surface area (Å²) < 4.78 is 1.92. The number of halogens is 3. The molecule has 0 bridgehead atoms. The first kappa shape index (κ1) is 14.6. The van der Waals surface area contributed by atoms with Crippen LogP contribution in [-0.4, -0.2) is 20.4 Å². The number of hydrogen-bond donors (Lipinski definition) is 0. The number of benzene rings is 1. The van der Waals surface area contributed by atoms with Crippen LogP contribution >= 0.6 is 34.8 Å². The molecule has 0 unspecified atom stereocenters. The molecule has 3 aromatic rings. The predicted molar refractivity (Wildman–Crippen MR) is 88.0 cm³/mol. The zero-order valence-electron chi connectivity index (χ0n) is 11.3. The minimum absolute atomic E-state index is 0.473. The molecule has 0 saturated heterocycles. The van der Waals surface area contributed by atoms with E-state index in [1.807, 2.05) is 29.8 Å². The maximum atomic E-state index is 6.32. The lowest BCUT2D eigenvalue weighted by molar-refractivity contribution is 0.905. The summed E-state index contributed by atoms with van der Waals surface area (Å²) >= 11 is 18.3. The molecule has 0 aliphatic rings. The number of aromatic nitrogens is 3. The van der Waals surface area contributed by atoms with E-state index < -0.39 is 0 Å². The van der Waals surface area contributed by atoms with Gasteiger partial charge in [0.1, 0.15) is 11.3 Å². The van der Waals surface area contributed by atoms with Gasteiger partial charge < -0.3 is 0 Å². The molecule has 1 aromatic carbocycles. The molecule has 0 radical (unpaired) electrons. The van der Waals surface area contributed by atoms with Crippen molar-refractivity contribution in [3.8, 4) is 5.69 Å². The van der Waals surface area contributed by atoms with Crippen LogP contribution in [0.5, 0.6) is 0 Å². The second kappa shape index (κ2) is 5.84. The first-order valence-electron chi connectivity index (χ1n) is 6.45. The predicted octanol–water partition coefficient (Wildman–Crippen LogP) is 4.82. The zero-order chi connectivity index (χ0) is 15.0. The van der Waals surface area contributed by atoms with Crippen LogP contribution in [0.25, 0.3) is 16.9 Å². The van der Waals surface area contributed by atoms with Crippen LogP contribution < -0.4 is 0 Å². The van der Waals surface area contributed by atoms with E-state index in [1.54, 1.807) is 12.1 Å². The molecule has 0 aliphatic carbocycles. The Bertz CT molecular complexity index is 811. The van der Waals surface area contributed by atoms with Crippen molar-refractivity contribution in [1.82, 2.24) is 14.5 Å². The van der Waals surface area contributed by atoms with E-state index in [0.29, 0.717) is 22.3 Å². The lowest BCUT2D eigenvalue weighted by Crippen LogP contribution is -2.03. The smallest absolute Gasteiger partial charge is 0.164 e. The van der Waals surface area contributed by atoms with Crippen molar-refractivity contribution >= 4 is 46.0 Å². The van der Waals surface area contributed by atoms with Gasteiger partial charge in [-0.15, -0.1) is 11.6 Å². The van der Waals surface area contributed by atoms with Gasteiger partial charge in [-0.2, -0.15) is 0 Å². The number of aryl methyl sites for hydroxylation is 2. The summed E-state index contributed by atoms with van der Waals surface area (Å²) in [5, 5.41) is 1.21. The highest BCUT2D eigenvalue weighted by atomic mass is 35.5. The molecule has 2 aromatic heterocycles. The third kappa shape index (κ3) is 2.73. The van der Waals surface area contributed by atoms with E-state index in [4.69, 9.17) is 34.8 Å². The number of imidazole rings is 1. The van der Waals surface area contributed by atoms with Gasteiger partial charge in [-0.3, -0.25) is 4.57 Å². The van der Waals surface area contributed by atoms with Crippen molar-refractivity contribution in [1.29, 1.82) is 0 Å². The normalized spacial score (nSPS) is 11.2. The first-order chi connectivity index (χ1) is 10.1. The largest absolute Gasteiger partial charge is 0.279 e. The Morgan fingerprint density at radius 3 is 2.76 bits per heavy atom. The maximum absolute atomic E-state index is 6.32. The van der Waals surface area contributed by atoms with Crippen molar-refractivity contribution < 1.29 is 0 Å². The quantitative estimate of drug-likeness (QED) is 0.640. The molecule has 0 fully saturated rings. The van der Waals surface area contributed by atoms with Crippen LogP contribution in [0.4, 0.5) is 0 Å². The van der Waals surface area contributed by atoms with Gasteiger partial charge in [0.15, 0.2) is 5.65 Å². The van der Waals surface area contributed by atoms with Gasteiger partial charge in [-0.05, 0) is 36.8 Å². The molecule has 3 nitrogen and oxygen atoms in total. The van der Waals surface area contributed by atoms with Gasteiger partial charge in [0.2, 0.25) is 0 Å². The third-order valence-electron chi connectivity index (χ3n) is 3.17. The summed E-state index contributed by atoms with van der Waals surface area (Å²) in [6.07, 6.45) is 2.43. The highest BCUT2D eigenvalue weighted by molar-refractivity contribution is 6.34. The molecule has 108 valence electrons. The average Bonchev–Trinajstić information content (AvgIpc) is 2.79. The number of hydrogen-bond acceptors (Lipinski definition) is 2. The van der Waals surface area contributed by atoms with Gasteiger partial charge >= 0.3 is 0 Å². The molecule has 0 aliphatic heterocycles. The lowest BCUT2D eigenvalue weighted by Gasteiger charge is -2.10. The van der Waals surface area contributed by atoms with Crippen LogP contribution in [0.3, 0.4) is 0 Å². The van der Waals surface area contributed by atoms with Crippen LogP contribution in [0, 0.1) is 6.92 Å². The van der Waals surface area contributed by atoms with Crippen molar-refractivity contribution in [2.75, 3.05) is 5.88 Å². The maximum Gasteiger partial charge on any atom is 0.164 e. The van der Waals surface area contributed by atoms with Crippen LogP contribution in [0.1, 0.15) is 11.4 Å². The monoisotopic (exact) mass is 339 g/mol. The first-order valence-corrected chi connectivity index (χ1v) is 7.74. The van der Waals surface area contributed by atoms with E-state index in [0.717, 1.165) is 28.2 Å². The summed E-state index contributed by atoms with van der Waals surface area (Å²) in [4.78, 5) is 9.11. The van der Waals surface area contributed by atoms with E-state index in [1.165, 1.54) is 0 Å². The Morgan fingerprint density at radius 2 is 2.00 bits per heavy atom. The van der Waals surface area contributed by atoms with Crippen LogP contribution in [0.15, 0.2) is 30.5 Å². The van der Waals surface area contributed by atoms with Gasteiger partial charge in [0.25, 0.3) is 0 Å². The number of rotatable bonds is 3. The Balaban J connectivity index is 2.33. The highest BCUT2D eigenvalue weighted by Gasteiger charge is 2.16. The van der Waals surface area contributed by atoms with E-state index in [2.05, 4.69) is 9.97 Å². The molecule has 0 saturated carbocycles. The Kier molecular flexibility index (Phi) is 4.07. The standard InChI is InChI=1S/C15H12Cl3N3/c1-9-6-12-15(19-8-9)21(14(20-12)4-5-16)13-7-10(17)2-3-11(13)18/h2-3,6-8H,4-5H2,1H3. The van der Waals surface area contributed by atoms with Crippen molar-refractivity contribution in [2.45, 2.75) is 13.3 Å².